The lowest BCUT2D eigenvalue weighted by atomic mass is 10.2. The average molecular weight is 171 g/mol. The average Bonchev–Trinajstić information content (AvgIpc) is 2.03. The van der Waals surface area contributed by atoms with Crippen molar-refractivity contribution < 1.29 is 9.90 Å². The van der Waals surface area contributed by atoms with E-state index in [1.807, 2.05) is 0 Å². The highest BCUT2D eigenvalue weighted by atomic mass is 16.4. The smallest absolute Gasteiger partial charge is 0.303 e. The monoisotopic (exact) mass is 171 g/mol. The van der Waals surface area contributed by atoms with Gasteiger partial charge in [-0.3, -0.25) is 4.79 Å². The molecule has 0 aromatic carbocycles. The van der Waals surface area contributed by atoms with Crippen LogP contribution in [0.4, 0.5) is 0 Å². The third-order valence-corrected chi connectivity index (χ3v) is 1.62. The Morgan fingerprint density at radius 1 is 1.58 bits per heavy atom. The van der Waals surface area contributed by atoms with Crippen LogP contribution in [0.25, 0.3) is 0 Å². The van der Waals surface area contributed by atoms with Crippen LogP contribution in [0.1, 0.15) is 26.2 Å². The minimum Gasteiger partial charge on any atom is -0.481 e. The lowest BCUT2D eigenvalue weighted by Gasteiger charge is -2.03. The van der Waals surface area contributed by atoms with Crippen molar-refractivity contribution in [2.45, 2.75) is 26.2 Å². The van der Waals surface area contributed by atoms with Crippen LogP contribution in [0.3, 0.4) is 0 Å². The summed E-state index contributed by atoms with van der Waals surface area (Å²) < 4.78 is 0. The molecule has 0 heterocycles. The number of carbonyl (C=O) groups is 1. The summed E-state index contributed by atoms with van der Waals surface area (Å²) in [5, 5.41) is 11.5. The Morgan fingerprint density at radius 3 is 2.75 bits per heavy atom. The lowest BCUT2D eigenvalue weighted by molar-refractivity contribution is -0.137. The zero-order valence-corrected chi connectivity index (χ0v) is 7.60. The van der Waals surface area contributed by atoms with Gasteiger partial charge in [-0.25, -0.2) is 0 Å². The number of carboxylic acid groups (broad SMARTS) is 1. The molecule has 0 radical (unpaired) electrons. The Bertz CT molecular complexity index is 155. The van der Waals surface area contributed by atoms with Crippen molar-refractivity contribution in [2.75, 3.05) is 13.1 Å². The van der Waals surface area contributed by atoms with Gasteiger partial charge in [-0.1, -0.05) is 19.1 Å². The number of carboxylic acids is 1. The van der Waals surface area contributed by atoms with E-state index in [-0.39, 0.29) is 6.42 Å². The molecule has 0 atom stereocenters. The maximum atomic E-state index is 10.1. The normalized spacial score (nSPS) is 9.75. The van der Waals surface area contributed by atoms with Crippen molar-refractivity contribution in [3.63, 3.8) is 0 Å². The van der Waals surface area contributed by atoms with E-state index < -0.39 is 5.97 Å². The number of hydrogen-bond acceptors (Lipinski definition) is 2. The molecule has 0 aliphatic carbocycles. The van der Waals surface area contributed by atoms with E-state index in [1.165, 1.54) is 0 Å². The van der Waals surface area contributed by atoms with Crippen LogP contribution in [0.5, 0.6) is 0 Å². The van der Waals surface area contributed by atoms with E-state index in [2.05, 4.69) is 18.8 Å². The third-order valence-electron chi connectivity index (χ3n) is 1.62. The van der Waals surface area contributed by atoms with Crippen LogP contribution in [0.15, 0.2) is 12.2 Å². The van der Waals surface area contributed by atoms with Crippen LogP contribution in [0, 0.1) is 0 Å². The van der Waals surface area contributed by atoms with Crippen LogP contribution >= 0.6 is 0 Å². The Balaban J connectivity index is 3.11. The number of hydrogen-bond donors (Lipinski definition) is 2. The van der Waals surface area contributed by atoms with E-state index >= 15 is 0 Å². The zero-order valence-electron chi connectivity index (χ0n) is 7.60. The van der Waals surface area contributed by atoms with Crippen molar-refractivity contribution in [3.05, 3.63) is 12.2 Å². The predicted octanol–water partition coefficient (Wildman–Crippen LogP) is 1.41. The molecule has 0 aliphatic heterocycles. The van der Waals surface area contributed by atoms with Gasteiger partial charge in [-0.15, -0.1) is 0 Å². The quantitative estimate of drug-likeness (QED) is 0.449. The second-order valence-corrected chi connectivity index (χ2v) is 2.78. The second-order valence-electron chi connectivity index (χ2n) is 2.78. The fourth-order valence-electron chi connectivity index (χ4n) is 0.755. The van der Waals surface area contributed by atoms with Gasteiger partial charge in [-0.05, 0) is 19.4 Å². The van der Waals surface area contributed by atoms with Crippen LogP contribution in [-0.2, 0) is 4.79 Å². The highest BCUT2D eigenvalue weighted by molar-refractivity contribution is 5.66. The fraction of sp³-hybridized carbons (Fsp3) is 0.667. The first-order valence-electron chi connectivity index (χ1n) is 4.26. The van der Waals surface area contributed by atoms with Gasteiger partial charge in [-0.2, -0.15) is 0 Å². The van der Waals surface area contributed by atoms with Gasteiger partial charge in [0, 0.05) is 13.0 Å². The third kappa shape index (κ3) is 7.28. The van der Waals surface area contributed by atoms with E-state index in [9.17, 15) is 4.79 Å². The number of aliphatic carboxylic acids is 1. The summed E-state index contributed by atoms with van der Waals surface area (Å²) in [4.78, 5) is 10.1. The van der Waals surface area contributed by atoms with Gasteiger partial charge >= 0.3 is 5.97 Å². The molecule has 0 aromatic rings. The first-order chi connectivity index (χ1) is 5.66. The van der Waals surface area contributed by atoms with Gasteiger partial charge < -0.3 is 10.4 Å². The molecule has 0 saturated carbocycles. The SMILES string of the molecule is C=C(CC)CNCCCC(=O)O. The molecule has 12 heavy (non-hydrogen) atoms. The summed E-state index contributed by atoms with van der Waals surface area (Å²) in [5.41, 5.74) is 1.16. The summed E-state index contributed by atoms with van der Waals surface area (Å²) in [6, 6.07) is 0. The molecule has 0 bridgehead atoms. The molecule has 0 amide bonds. The van der Waals surface area contributed by atoms with E-state index in [1.54, 1.807) is 0 Å². The molecule has 0 saturated heterocycles. The molecular weight excluding hydrogens is 154 g/mol. The molecular formula is C9H17NO2. The van der Waals surface area contributed by atoms with Crippen LogP contribution in [-0.4, -0.2) is 24.2 Å². The molecule has 0 spiro atoms. The first kappa shape index (κ1) is 11.2. The van der Waals surface area contributed by atoms with Crippen molar-refractivity contribution >= 4 is 5.97 Å². The van der Waals surface area contributed by atoms with Gasteiger partial charge in [0.05, 0.1) is 0 Å². The van der Waals surface area contributed by atoms with Crippen molar-refractivity contribution in [1.82, 2.24) is 5.32 Å². The highest BCUT2D eigenvalue weighted by Gasteiger charge is 1.95. The molecule has 70 valence electrons. The highest BCUT2D eigenvalue weighted by Crippen LogP contribution is 1.93. The molecule has 3 nitrogen and oxygen atoms in total. The van der Waals surface area contributed by atoms with Gasteiger partial charge in [0.1, 0.15) is 0 Å². The summed E-state index contributed by atoms with van der Waals surface area (Å²) in [7, 11) is 0. The zero-order chi connectivity index (χ0) is 9.40. The molecule has 2 N–H and O–H groups in total. The van der Waals surface area contributed by atoms with Gasteiger partial charge in [0.15, 0.2) is 0 Å². The number of nitrogens with one attached hydrogen (secondary N) is 1. The number of rotatable bonds is 7. The minimum absolute atomic E-state index is 0.242. The van der Waals surface area contributed by atoms with Crippen LogP contribution in [0.2, 0.25) is 0 Å². The van der Waals surface area contributed by atoms with E-state index in [4.69, 9.17) is 5.11 Å². The molecule has 0 aromatic heterocycles. The minimum atomic E-state index is -0.730. The molecule has 3 heteroatoms. The van der Waals surface area contributed by atoms with Crippen LogP contribution < -0.4 is 5.32 Å². The molecule has 0 fully saturated rings. The van der Waals surface area contributed by atoms with E-state index in [0.717, 1.165) is 25.1 Å². The van der Waals surface area contributed by atoms with Crippen molar-refractivity contribution in [2.24, 2.45) is 0 Å². The Morgan fingerprint density at radius 2 is 2.25 bits per heavy atom. The topological polar surface area (TPSA) is 49.3 Å². The lowest BCUT2D eigenvalue weighted by Crippen LogP contribution is -2.18. The summed E-state index contributed by atoms with van der Waals surface area (Å²) in [6.07, 6.45) is 1.91. The molecule has 0 rings (SSSR count). The maximum Gasteiger partial charge on any atom is 0.303 e. The van der Waals surface area contributed by atoms with Gasteiger partial charge in [0.2, 0.25) is 0 Å². The Kier molecular flexibility index (Phi) is 6.38. The largest absolute Gasteiger partial charge is 0.481 e. The van der Waals surface area contributed by atoms with Crippen molar-refractivity contribution in [1.29, 1.82) is 0 Å². The summed E-state index contributed by atoms with van der Waals surface area (Å²) in [5.74, 6) is -0.730. The fourth-order valence-corrected chi connectivity index (χ4v) is 0.755. The van der Waals surface area contributed by atoms with E-state index in [0.29, 0.717) is 6.42 Å². The molecule has 0 unspecified atom stereocenters. The van der Waals surface area contributed by atoms with Crippen molar-refractivity contribution in [3.8, 4) is 0 Å². The predicted molar refractivity (Wildman–Crippen MR) is 49.2 cm³/mol. The first-order valence-corrected chi connectivity index (χ1v) is 4.26. The summed E-state index contributed by atoms with van der Waals surface area (Å²) >= 11 is 0. The van der Waals surface area contributed by atoms with Gasteiger partial charge in [0.25, 0.3) is 0 Å². The Labute approximate surface area is 73.5 Å². The summed E-state index contributed by atoms with van der Waals surface area (Å²) in [6.45, 7) is 7.44. The Hall–Kier alpha value is -0.830. The maximum absolute atomic E-state index is 10.1. The molecule has 0 aliphatic rings. The standard InChI is InChI=1S/C9H17NO2/c1-3-8(2)7-10-6-4-5-9(11)12/h10H,2-7H2,1H3,(H,11,12). The second kappa shape index (κ2) is 6.85.